The van der Waals surface area contributed by atoms with Gasteiger partial charge in [-0.15, -0.1) is 6.58 Å². The van der Waals surface area contributed by atoms with Gasteiger partial charge in [0.1, 0.15) is 0 Å². The molecule has 1 aliphatic rings. The molecular weight excluding hydrogens is 244 g/mol. The molecule has 0 saturated carbocycles. The van der Waals surface area contributed by atoms with E-state index < -0.39 is 8.07 Å². The molecular formula is C18H26Si. The highest BCUT2D eigenvalue weighted by Crippen LogP contribution is 2.40. The number of hydrogen-bond donors (Lipinski definition) is 0. The maximum atomic E-state index is 4.10. The van der Waals surface area contributed by atoms with Crippen molar-refractivity contribution in [3.63, 3.8) is 0 Å². The standard InChI is InChI=1S/C18H26Si/c1-5-15-11-9-10-14-17(19(2,3)4)18(15)16-12-7-6-8-13-16/h5-8,12-13,15H,1,9-11,14H2,2-4H3. The van der Waals surface area contributed by atoms with Crippen molar-refractivity contribution in [2.75, 3.05) is 0 Å². The zero-order chi connectivity index (χ0) is 13.9. The van der Waals surface area contributed by atoms with Crippen molar-refractivity contribution in [3.8, 4) is 0 Å². The van der Waals surface area contributed by atoms with E-state index >= 15 is 0 Å². The van der Waals surface area contributed by atoms with Gasteiger partial charge in [0.25, 0.3) is 0 Å². The van der Waals surface area contributed by atoms with Gasteiger partial charge in [-0.25, -0.2) is 0 Å². The minimum absolute atomic E-state index is 0.548. The van der Waals surface area contributed by atoms with E-state index in [4.69, 9.17) is 0 Å². The molecule has 102 valence electrons. The SMILES string of the molecule is C=CC1CCCCC([Si](C)(C)C)=C1c1ccccc1. The van der Waals surface area contributed by atoms with Gasteiger partial charge in [-0.2, -0.15) is 0 Å². The minimum Gasteiger partial charge on any atom is -0.102 e. The van der Waals surface area contributed by atoms with Gasteiger partial charge in [0.15, 0.2) is 0 Å². The van der Waals surface area contributed by atoms with Gasteiger partial charge in [-0.05, 0) is 30.4 Å². The fourth-order valence-electron chi connectivity index (χ4n) is 3.19. The van der Waals surface area contributed by atoms with Gasteiger partial charge < -0.3 is 0 Å². The van der Waals surface area contributed by atoms with Crippen LogP contribution in [0.1, 0.15) is 31.2 Å². The highest BCUT2D eigenvalue weighted by atomic mass is 28.3. The summed E-state index contributed by atoms with van der Waals surface area (Å²) in [5, 5.41) is 1.76. The molecule has 0 amide bonds. The van der Waals surface area contributed by atoms with E-state index in [0.717, 1.165) is 0 Å². The smallest absolute Gasteiger partial charge is 0.0728 e. The zero-order valence-corrected chi connectivity index (χ0v) is 13.6. The van der Waals surface area contributed by atoms with Gasteiger partial charge >= 0.3 is 0 Å². The summed E-state index contributed by atoms with van der Waals surface area (Å²) in [6.45, 7) is 11.5. The molecule has 0 bridgehead atoms. The summed E-state index contributed by atoms with van der Waals surface area (Å²) in [6.07, 6.45) is 7.42. The van der Waals surface area contributed by atoms with Crippen molar-refractivity contribution < 1.29 is 0 Å². The maximum Gasteiger partial charge on any atom is 0.0728 e. The first-order valence-corrected chi connectivity index (χ1v) is 11.0. The predicted molar refractivity (Wildman–Crippen MR) is 88.9 cm³/mol. The Balaban J connectivity index is 2.60. The monoisotopic (exact) mass is 270 g/mol. The van der Waals surface area contributed by atoms with Crippen molar-refractivity contribution in [1.29, 1.82) is 0 Å². The Bertz CT molecular complexity index is 462. The topological polar surface area (TPSA) is 0 Å². The third-order valence-electron chi connectivity index (χ3n) is 4.16. The Morgan fingerprint density at radius 2 is 1.79 bits per heavy atom. The van der Waals surface area contributed by atoms with Crippen LogP contribution >= 0.6 is 0 Å². The average Bonchev–Trinajstić information content (AvgIpc) is 2.61. The van der Waals surface area contributed by atoms with E-state index in [1.807, 2.05) is 0 Å². The first kappa shape index (κ1) is 14.3. The molecule has 1 atom stereocenters. The number of rotatable bonds is 3. The normalized spacial score (nSPS) is 21.1. The quantitative estimate of drug-likeness (QED) is 0.488. The van der Waals surface area contributed by atoms with Crippen LogP contribution in [0, 0.1) is 5.92 Å². The van der Waals surface area contributed by atoms with Crippen LogP contribution < -0.4 is 0 Å². The molecule has 1 heteroatoms. The first-order chi connectivity index (χ1) is 9.04. The van der Waals surface area contributed by atoms with Gasteiger partial charge in [-0.1, -0.05) is 67.7 Å². The van der Waals surface area contributed by atoms with Crippen molar-refractivity contribution in [2.45, 2.75) is 45.3 Å². The van der Waals surface area contributed by atoms with E-state index in [9.17, 15) is 0 Å². The Hall–Kier alpha value is -1.08. The van der Waals surface area contributed by atoms with Gasteiger partial charge in [0.2, 0.25) is 0 Å². The summed E-state index contributed by atoms with van der Waals surface area (Å²) < 4.78 is 0. The van der Waals surface area contributed by atoms with Crippen LogP contribution in [-0.4, -0.2) is 8.07 Å². The second kappa shape index (κ2) is 5.92. The highest BCUT2D eigenvalue weighted by Gasteiger charge is 2.28. The predicted octanol–water partition coefficient (Wildman–Crippen LogP) is 5.69. The molecule has 0 fully saturated rings. The van der Waals surface area contributed by atoms with Crippen LogP contribution in [0.3, 0.4) is 0 Å². The lowest BCUT2D eigenvalue weighted by Gasteiger charge is -2.27. The fourth-order valence-corrected chi connectivity index (χ4v) is 5.25. The Morgan fingerprint density at radius 1 is 1.11 bits per heavy atom. The molecule has 0 nitrogen and oxygen atoms in total. The summed E-state index contributed by atoms with van der Waals surface area (Å²) in [7, 11) is -1.26. The third-order valence-corrected chi connectivity index (χ3v) is 6.49. The van der Waals surface area contributed by atoms with Crippen LogP contribution in [0.5, 0.6) is 0 Å². The molecule has 1 unspecified atom stereocenters. The fraction of sp³-hybridized carbons (Fsp3) is 0.444. The van der Waals surface area contributed by atoms with E-state index in [2.05, 4.69) is 62.6 Å². The molecule has 0 radical (unpaired) electrons. The number of hydrogen-bond acceptors (Lipinski definition) is 0. The van der Waals surface area contributed by atoms with Crippen LogP contribution in [-0.2, 0) is 0 Å². The van der Waals surface area contributed by atoms with Gasteiger partial charge in [0, 0.05) is 5.92 Å². The molecule has 19 heavy (non-hydrogen) atoms. The van der Waals surface area contributed by atoms with E-state index in [-0.39, 0.29) is 0 Å². The summed E-state index contributed by atoms with van der Waals surface area (Å²) >= 11 is 0. The summed E-state index contributed by atoms with van der Waals surface area (Å²) in [6, 6.07) is 11.0. The summed E-state index contributed by atoms with van der Waals surface area (Å²) in [5.41, 5.74) is 3.03. The minimum atomic E-state index is -1.26. The zero-order valence-electron chi connectivity index (χ0n) is 12.6. The second-order valence-corrected chi connectivity index (χ2v) is 11.7. The lowest BCUT2D eigenvalue weighted by atomic mass is 9.90. The average molecular weight is 270 g/mol. The largest absolute Gasteiger partial charge is 0.102 e. The van der Waals surface area contributed by atoms with E-state index in [1.165, 1.54) is 31.2 Å². The number of benzene rings is 1. The molecule has 0 N–H and O–H groups in total. The highest BCUT2D eigenvalue weighted by molar-refractivity contribution is 6.84. The van der Waals surface area contributed by atoms with Crippen molar-refractivity contribution in [3.05, 3.63) is 53.7 Å². The molecule has 1 aromatic carbocycles. The Morgan fingerprint density at radius 3 is 2.37 bits per heavy atom. The number of allylic oxidation sites excluding steroid dienone is 3. The maximum absolute atomic E-state index is 4.10. The van der Waals surface area contributed by atoms with Crippen molar-refractivity contribution >= 4 is 13.6 Å². The second-order valence-electron chi connectivity index (χ2n) is 6.60. The first-order valence-electron chi connectivity index (χ1n) is 7.45. The lowest BCUT2D eigenvalue weighted by Crippen LogP contribution is -2.26. The molecule has 0 aliphatic heterocycles. The van der Waals surface area contributed by atoms with Crippen molar-refractivity contribution in [1.82, 2.24) is 0 Å². The van der Waals surface area contributed by atoms with E-state index in [1.54, 1.807) is 10.8 Å². The third kappa shape index (κ3) is 3.27. The molecule has 0 aromatic heterocycles. The summed E-state index contributed by atoms with van der Waals surface area (Å²) in [4.78, 5) is 0. The Kier molecular flexibility index (Phi) is 4.46. The van der Waals surface area contributed by atoms with Crippen LogP contribution in [0.25, 0.3) is 5.57 Å². The molecule has 2 rings (SSSR count). The van der Waals surface area contributed by atoms with Crippen LogP contribution in [0.4, 0.5) is 0 Å². The Labute approximate surface area is 119 Å². The molecule has 1 aromatic rings. The summed E-state index contributed by atoms with van der Waals surface area (Å²) in [5.74, 6) is 0.548. The lowest BCUT2D eigenvalue weighted by molar-refractivity contribution is 0.653. The van der Waals surface area contributed by atoms with Crippen molar-refractivity contribution in [2.24, 2.45) is 5.92 Å². The van der Waals surface area contributed by atoms with Gasteiger partial charge in [0.05, 0.1) is 8.07 Å². The molecule has 0 spiro atoms. The van der Waals surface area contributed by atoms with E-state index in [0.29, 0.717) is 5.92 Å². The molecule has 0 heterocycles. The molecule has 0 saturated heterocycles. The van der Waals surface area contributed by atoms with Crippen LogP contribution in [0.15, 0.2) is 48.2 Å². The molecule has 1 aliphatic carbocycles. The van der Waals surface area contributed by atoms with Gasteiger partial charge in [-0.3, -0.25) is 0 Å². The van der Waals surface area contributed by atoms with Crippen LogP contribution in [0.2, 0.25) is 19.6 Å².